The number of rotatable bonds is 3. The van der Waals surface area contributed by atoms with E-state index in [-0.39, 0.29) is 11.9 Å². The Labute approximate surface area is 111 Å². The molecule has 1 aliphatic heterocycles. The first-order valence-corrected chi connectivity index (χ1v) is 6.58. The summed E-state index contributed by atoms with van der Waals surface area (Å²) in [6.45, 7) is 3.42. The Hall–Kier alpha value is -1.23. The highest BCUT2D eigenvalue weighted by atomic mass is 19.4. The highest BCUT2D eigenvalue weighted by Gasteiger charge is 2.35. The van der Waals surface area contributed by atoms with E-state index in [0.29, 0.717) is 12.0 Å². The normalized spacial score (nSPS) is 17.5. The molecule has 0 bridgehead atoms. The first kappa shape index (κ1) is 14.2. The summed E-state index contributed by atoms with van der Waals surface area (Å²) in [4.78, 5) is 0. The van der Waals surface area contributed by atoms with Crippen LogP contribution in [0.5, 0.6) is 5.75 Å². The molecule has 1 fully saturated rings. The van der Waals surface area contributed by atoms with Crippen molar-refractivity contribution in [3.05, 3.63) is 29.3 Å². The number of hydrogen-bond acceptors (Lipinski definition) is 2. The lowest BCUT2D eigenvalue weighted by Crippen LogP contribution is -2.34. The summed E-state index contributed by atoms with van der Waals surface area (Å²) in [5, 5.41) is 3.16. The number of benzene rings is 1. The van der Waals surface area contributed by atoms with Crippen LogP contribution in [0.1, 0.15) is 30.9 Å². The zero-order valence-electron chi connectivity index (χ0n) is 10.9. The number of halogens is 3. The van der Waals surface area contributed by atoms with Crippen molar-refractivity contribution in [2.45, 2.75) is 38.5 Å². The summed E-state index contributed by atoms with van der Waals surface area (Å²) in [6, 6.07) is 4.34. The van der Waals surface area contributed by atoms with Gasteiger partial charge in [0.1, 0.15) is 11.9 Å². The van der Waals surface area contributed by atoms with E-state index >= 15 is 0 Å². The SMILES string of the molecule is CCc1ccc(OC2CCNCC2)c(C(F)(F)F)c1. The van der Waals surface area contributed by atoms with Gasteiger partial charge in [-0.3, -0.25) is 0 Å². The van der Waals surface area contributed by atoms with Crippen LogP contribution >= 0.6 is 0 Å². The molecule has 1 aliphatic rings. The molecule has 0 radical (unpaired) electrons. The molecular weight excluding hydrogens is 255 g/mol. The summed E-state index contributed by atoms with van der Waals surface area (Å²) >= 11 is 0. The Morgan fingerprint density at radius 1 is 1.26 bits per heavy atom. The van der Waals surface area contributed by atoms with E-state index in [1.807, 2.05) is 6.92 Å². The van der Waals surface area contributed by atoms with Crippen LogP contribution in [0, 0.1) is 0 Å². The fraction of sp³-hybridized carbons (Fsp3) is 0.571. The minimum atomic E-state index is -4.37. The zero-order chi connectivity index (χ0) is 13.9. The van der Waals surface area contributed by atoms with Gasteiger partial charge in [0.2, 0.25) is 0 Å². The molecule has 1 aromatic carbocycles. The maximum Gasteiger partial charge on any atom is 0.419 e. The van der Waals surface area contributed by atoms with Gasteiger partial charge in [-0.2, -0.15) is 13.2 Å². The van der Waals surface area contributed by atoms with Crippen molar-refractivity contribution >= 4 is 0 Å². The van der Waals surface area contributed by atoms with E-state index in [9.17, 15) is 13.2 Å². The van der Waals surface area contributed by atoms with Gasteiger partial charge in [0.15, 0.2) is 0 Å². The van der Waals surface area contributed by atoms with Gasteiger partial charge < -0.3 is 10.1 Å². The van der Waals surface area contributed by atoms with E-state index in [4.69, 9.17) is 4.74 Å². The molecule has 19 heavy (non-hydrogen) atoms. The standard InChI is InChI=1S/C14H18F3NO/c1-2-10-3-4-13(12(9-10)14(15,16)17)19-11-5-7-18-8-6-11/h3-4,9,11,18H,2,5-8H2,1H3. The highest BCUT2D eigenvalue weighted by Crippen LogP contribution is 2.37. The van der Waals surface area contributed by atoms with Crippen molar-refractivity contribution in [3.8, 4) is 5.75 Å². The lowest BCUT2D eigenvalue weighted by Gasteiger charge is -2.25. The Bertz CT molecular complexity index is 425. The van der Waals surface area contributed by atoms with Crippen LogP contribution in [0.4, 0.5) is 13.2 Å². The summed E-state index contributed by atoms with van der Waals surface area (Å²) < 4.78 is 44.6. The molecule has 1 heterocycles. The van der Waals surface area contributed by atoms with E-state index < -0.39 is 11.7 Å². The molecule has 106 valence electrons. The Morgan fingerprint density at radius 3 is 2.53 bits per heavy atom. The minimum absolute atomic E-state index is 0.0448. The van der Waals surface area contributed by atoms with Crippen LogP contribution in [0.25, 0.3) is 0 Å². The third kappa shape index (κ3) is 3.62. The maximum absolute atomic E-state index is 13.0. The average Bonchev–Trinajstić information content (AvgIpc) is 2.39. The van der Waals surface area contributed by atoms with E-state index in [2.05, 4.69) is 5.32 Å². The largest absolute Gasteiger partial charge is 0.490 e. The monoisotopic (exact) mass is 273 g/mol. The van der Waals surface area contributed by atoms with Gasteiger partial charge in [-0.1, -0.05) is 13.0 Å². The van der Waals surface area contributed by atoms with Gasteiger partial charge >= 0.3 is 6.18 Å². The lowest BCUT2D eigenvalue weighted by atomic mass is 10.1. The van der Waals surface area contributed by atoms with Crippen molar-refractivity contribution in [2.24, 2.45) is 0 Å². The number of hydrogen-bond donors (Lipinski definition) is 1. The van der Waals surface area contributed by atoms with Crippen molar-refractivity contribution in [2.75, 3.05) is 13.1 Å². The van der Waals surface area contributed by atoms with E-state index in [0.717, 1.165) is 25.9 Å². The number of aryl methyl sites for hydroxylation is 1. The minimum Gasteiger partial charge on any atom is -0.490 e. The number of nitrogens with one attached hydrogen (secondary N) is 1. The molecule has 1 saturated heterocycles. The smallest absolute Gasteiger partial charge is 0.419 e. The zero-order valence-corrected chi connectivity index (χ0v) is 10.9. The Balaban J connectivity index is 2.23. The van der Waals surface area contributed by atoms with Crippen LogP contribution in [0.15, 0.2) is 18.2 Å². The maximum atomic E-state index is 13.0. The highest BCUT2D eigenvalue weighted by molar-refractivity contribution is 5.39. The second-order valence-electron chi connectivity index (χ2n) is 4.75. The molecule has 0 aliphatic carbocycles. The van der Waals surface area contributed by atoms with Gasteiger partial charge in [-0.05, 0) is 50.0 Å². The predicted octanol–water partition coefficient (Wildman–Crippen LogP) is 3.40. The van der Waals surface area contributed by atoms with Gasteiger partial charge in [0, 0.05) is 0 Å². The van der Waals surface area contributed by atoms with Crippen LogP contribution < -0.4 is 10.1 Å². The summed E-state index contributed by atoms with van der Waals surface area (Å²) in [7, 11) is 0. The molecule has 2 rings (SSSR count). The second-order valence-corrected chi connectivity index (χ2v) is 4.75. The van der Waals surface area contributed by atoms with Gasteiger partial charge in [-0.15, -0.1) is 0 Å². The quantitative estimate of drug-likeness (QED) is 0.911. The third-order valence-corrected chi connectivity index (χ3v) is 3.34. The Kier molecular flexibility index (Phi) is 4.34. The molecule has 5 heteroatoms. The first-order valence-electron chi connectivity index (χ1n) is 6.58. The molecule has 0 atom stereocenters. The van der Waals surface area contributed by atoms with Crippen LogP contribution in [-0.4, -0.2) is 19.2 Å². The first-order chi connectivity index (χ1) is 9.00. The third-order valence-electron chi connectivity index (χ3n) is 3.34. The fourth-order valence-electron chi connectivity index (χ4n) is 2.21. The van der Waals surface area contributed by atoms with Crippen molar-refractivity contribution in [3.63, 3.8) is 0 Å². The van der Waals surface area contributed by atoms with Crippen molar-refractivity contribution < 1.29 is 17.9 Å². The van der Waals surface area contributed by atoms with Crippen molar-refractivity contribution in [1.82, 2.24) is 5.32 Å². The van der Waals surface area contributed by atoms with E-state index in [1.54, 1.807) is 6.07 Å². The fourth-order valence-corrected chi connectivity index (χ4v) is 2.21. The molecular formula is C14H18F3NO. The molecule has 0 amide bonds. The molecule has 0 saturated carbocycles. The molecule has 0 spiro atoms. The summed E-state index contributed by atoms with van der Waals surface area (Å²) in [5.74, 6) is -0.0448. The molecule has 2 nitrogen and oxygen atoms in total. The molecule has 1 N–H and O–H groups in total. The topological polar surface area (TPSA) is 21.3 Å². The average molecular weight is 273 g/mol. The van der Waals surface area contributed by atoms with Gasteiger partial charge in [-0.25, -0.2) is 0 Å². The van der Waals surface area contributed by atoms with E-state index in [1.165, 1.54) is 12.1 Å². The Morgan fingerprint density at radius 2 is 1.95 bits per heavy atom. The number of piperidine rings is 1. The second kappa shape index (κ2) is 5.82. The van der Waals surface area contributed by atoms with Gasteiger partial charge in [0.25, 0.3) is 0 Å². The summed E-state index contributed by atoms with van der Waals surface area (Å²) in [5.41, 5.74) is 0.00960. The van der Waals surface area contributed by atoms with Crippen molar-refractivity contribution in [1.29, 1.82) is 0 Å². The van der Waals surface area contributed by atoms with Gasteiger partial charge in [0.05, 0.1) is 5.56 Å². The number of ether oxygens (including phenoxy) is 1. The summed E-state index contributed by atoms with van der Waals surface area (Å²) in [6.07, 6.45) is -2.43. The molecule has 0 aromatic heterocycles. The van der Waals surface area contributed by atoms with Crippen LogP contribution in [-0.2, 0) is 12.6 Å². The van der Waals surface area contributed by atoms with Crippen LogP contribution in [0.2, 0.25) is 0 Å². The van der Waals surface area contributed by atoms with Crippen LogP contribution in [0.3, 0.4) is 0 Å². The number of alkyl halides is 3. The molecule has 1 aromatic rings. The predicted molar refractivity (Wildman–Crippen MR) is 67.3 cm³/mol. The molecule has 0 unspecified atom stereocenters. The lowest BCUT2D eigenvalue weighted by molar-refractivity contribution is -0.139.